The Labute approximate surface area is 141 Å². The monoisotopic (exact) mass is 338 g/mol. The number of fused-ring (bicyclic) bond motifs is 1. The SMILES string of the molecule is Cc1nc2c(c(N3C[C@H](C)O[C@@H](C)C3)n1)CN(C(=O)CCl)CC2. The Morgan fingerprint density at radius 2 is 2.00 bits per heavy atom. The minimum atomic E-state index is -0.0347. The number of ether oxygens (including phenoxy) is 1. The number of rotatable bonds is 2. The predicted molar refractivity (Wildman–Crippen MR) is 88.8 cm³/mol. The van der Waals surface area contributed by atoms with Gasteiger partial charge in [-0.3, -0.25) is 4.79 Å². The summed E-state index contributed by atoms with van der Waals surface area (Å²) < 4.78 is 5.82. The van der Waals surface area contributed by atoms with Crippen LogP contribution in [0, 0.1) is 6.92 Å². The van der Waals surface area contributed by atoms with Gasteiger partial charge in [0.2, 0.25) is 5.91 Å². The summed E-state index contributed by atoms with van der Waals surface area (Å²) in [5.41, 5.74) is 2.11. The number of morpholine rings is 1. The summed E-state index contributed by atoms with van der Waals surface area (Å²) in [6.45, 7) is 8.89. The second-order valence-corrected chi connectivity index (χ2v) is 6.65. The van der Waals surface area contributed by atoms with Crippen LogP contribution in [0.2, 0.25) is 0 Å². The first-order valence-corrected chi connectivity index (χ1v) is 8.62. The summed E-state index contributed by atoms with van der Waals surface area (Å²) in [6.07, 6.45) is 1.08. The number of carbonyl (C=O) groups excluding carboxylic acids is 1. The van der Waals surface area contributed by atoms with Gasteiger partial charge >= 0.3 is 0 Å². The third-order valence-electron chi connectivity index (χ3n) is 4.34. The molecule has 3 heterocycles. The molecule has 1 aromatic heterocycles. The van der Waals surface area contributed by atoms with E-state index in [4.69, 9.17) is 16.3 Å². The number of hydrogen-bond acceptors (Lipinski definition) is 5. The highest BCUT2D eigenvalue weighted by Gasteiger charge is 2.30. The Morgan fingerprint density at radius 3 is 2.65 bits per heavy atom. The second-order valence-electron chi connectivity index (χ2n) is 6.38. The number of nitrogens with zero attached hydrogens (tertiary/aromatic N) is 4. The zero-order valence-electron chi connectivity index (χ0n) is 13.9. The molecule has 6 nitrogen and oxygen atoms in total. The van der Waals surface area contributed by atoms with Crippen LogP contribution in [0.25, 0.3) is 0 Å². The number of hydrogen-bond donors (Lipinski definition) is 0. The summed E-state index contributed by atoms with van der Waals surface area (Å²) in [6, 6.07) is 0. The van der Waals surface area contributed by atoms with Gasteiger partial charge in [0.05, 0.1) is 24.4 Å². The van der Waals surface area contributed by atoms with Crippen molar-refractivity contribution in [2.24, 2.45) is 0 Å². The van der Waals surface area contributed by atoms with Gasteiger partial charge in [0.15, 0.2) is 0 Å². The van der Waals surface area contributed by atoms with Crippen molar-refractivity contribution in [3.05, 3.63) is 17.1 Å². The van der Waals surface area contributed by atoms with Crippen LogP contribution < -0.4 is 4.90 Å². The molecule has 1 fully saturated rings. The minimum absolute atomic E-state index is 0.0169. The van der Waals surface area contributed by atoms with Crippen LogP contribution in [0.4, 0.5) is 5.82 Å². The smallest absolute Gasteiger partial charge is 0.237 e. The van der Waals surface area contributed by atoms with Gasteiger partial charge in [-0.05, 0) is 20.8 Å². The molecule has 0 radical (unpaired) electrons. The van der Waals surface area contributed by atoms with Crippen molar-refractivity contribution in [3.63, 3.8) is 0 Å². The number of anilines is 1. The normalized spacial score (nSPS) is 24.5. The number of aromatic nitrogens is 2. The quantitative estimate of drug-likeness (QED) is 0.765. The highest BCUT2D eigenvalue weighted by Crippen LogP contribution is 2.29. The lowest BCUT2D eigenvalue weighted by Crippen LogP contribution is -2.47. The third kappa shape index (κ3) is 3.43. The molecule has 0 aliphatic carbocycles. The lowest BCUT2D eigenvalue weighted by molar-refractivity contribution is -0.129. The molecule has 0 bridgehead atoms. The Morgan fingerprint density at radius 1 is 1.30 bits per heavy atom. The average molecular weight is 339 g/mol. The number of alkyl halides is 1. The van der Waals surface area contributed by atoms with Gasteiger partial charge in [-0.25, -0.2) is 9.97 Å². The van der Waals surface area contributed by atoms with Gasteiger partial charge in [0.1, 0.15) is 17.5 Å². The molecule has 0 aromatic carbocycles. The number of amides is 1. The van der Waals surface area contributed by atoms with Crippen molar-refractivity contribution in [2.75, 3.05) is 30.4 Å². The molecule has 1 amide bonds. The third-order valence-corrected chi connectivity index (χ3v) is 4.57. The van der Waals surface area contributed by atoms with Crippen molar-refractivity contribution >= 4 is 23.3 Å². The molecule has 0 unspecified atom stereocenters. The summed E-state index contributed by atoms with van der Waals surface area (Å²) in [5, 5.41) is 0. The molecule has 3 rings (SSSR count). The van der Waals surface area contributed by atoms with Crippen LogP contribution in [0.5, 0.6) is 0 Å². The first-order valence-electron chi connectivity index (χ1n) is 8.08. The molecular weight excluding hydrogens is 316 g/mol. The fourth-order valence-corrected chi connectivity index (χ4v) is 3.60. The van der Waals surface area contributed by atoms with Gasteiger partial charge in [-0.2, -0.15) is 0 Å². The summed E-state index contributed by atoms with van der Waals surface area (Å²) >= 11 is 5.71. The van der Waals surface area contributed by atoms with Crippen LogP contribution in [0.1, 0.15) is 30.9 Å². The van der Waals surface area contributed by atoms with E-state index in [1.807, 2.05) is 6.92 Å². The molecule has 2 aliphatic rings. The average Bonchev–Trinajstić information content (AvgIpc) is 2.52. The minimum Gasteiger partial charge on any atom is -0.372 e. The van der Waals surface area contributed by atoms with Crippen LogP contribution in [0.15, 0.2) is 0 Å². The zero-order valence-corrected chi connectivity index (χ0v) is 14.6. The fraction of sp³-hybridized carbons (Fsp3) is 0.688. The molecule has 126 valence electrons. The predicted octanol–water partition coefficient (Wildman–Crippen LogP) is 1.52. The standard InChI is InChI=1S/C16H23ClN4O2/c1-10-7-21(8-11(2)23-10)16-13-9-20(15(22)6-17)5-4-14(13)18-12(3)19-16/h10-11H,4-9H2,1-3H3/t10-,11-/m0/s1. The van der Waals surface area contributed by atoms with Crippen molar-refractivity contribution in [2.45, 2.75) is 45.9 Å². The van der Waals surface area contributed by atoms with E-state index in [-0.39, 0.29) is 24.0 Å². The molecule has 1 aromatic rings. The Balaban J connectivity index is 1.94. The number of aryl methyl sites for hydroxylation is 1. The van der Waals surface area contributed by atoms with Gasteiger partial charge in [-0.1, -0.05) is 0 Å². The van der Waals surface area contributed by atoms with Gasteiger partial charge in [0.25, 0.3) is 0 Å². The summed E-state index contributed by atoms with van der Waals surface area (Å²) in [5.74, 6) is 1.71. The van der Waals surface area contributed by atoms with E-state index in [0.29, 0.717) is 13.1 Å². The fourth-order valence-electron chi connectivity index (χ4n) is 3.43. The van der Waals surface area contributed by atoms with E-state index in [0.717, 1.165) is 42.4 Å². The molecular formula is C16H23ClN4O2. The zero-order chi connectivity index (χ0) is 16.6. The molecule has 0 saturated carbocycles. The first kappa shape index (κ1) is 16.5. The van der Waals surface area contributed by atoms with E-state index in [1.54, 1.807) is 4.90 Å². The first-order chi connectivity index (χ1) is 11.0. The van der Waals surface area contributed by atoms with E-state index >= 15 is 0 Å². The van der Waals surface area contributed by atoms with Crippen LogP contribution >= 0.6 is 11.6 Å². The highest BCUT2D eigenvalue weighted by molar-refractivity contribution is 6.27. The molecule has 2 atom stereocenters. The number of carbonyl (C=O) groups is 1. The molecule has 0 spiro atoms. The molecule has 23 heavy (non-hydrogen) atoms. The maximum absolute atomic E-state index is 12.0. The van der Waals surface area contributed by atoms with Gasteiger partial charge in [-0.15, -0.1) is 11.6 Å². The summed E-state index contributed by atoms with van der Waals surface area (Å²) in [4.78, 5) is 25.3. The van der Waals surface area contributed by atoms with Crippen molar-refractivity contribution in [1.82, 2.24) is 14.9 Å². The molecule has 7 heteroatoms. The largest absolute Gasteiger partial charge is 0.372 e. The maximum atomic E-state index is 12.0. The van der Waals surface area contributed by atoms with Crippen molar-refractivity contribution in [1.29, 1.82) is 0 Å². The maximum Gasteiger partial charge on any atom is 0.237 e. The molecule has 0 N–H and O–H groups in total. The van der Waals surface area contributed by atoms with Gasteiger partial charge < -0.3 is 14.5 Å². The Hall–Kier alpha value is -1.40. The van der Waals surface area contributed by atoms with Crippen LogP contribution in [-0.2, 0) is 22.5 Å². The Bertz CT molecular complexity index is 600. The van der Waals surface area contributed by atoms with E-state index in [2.05, 4.69) is 28.7 Å². The van der Waals surface area contributed by atoms with E-state index in [9.17, 15) is 4.79 Å². The van der Waals surface area contributed by atoms with E-state index in [1.165, 1.54) is 0 Å². The highest BCUT2D eigenvalue weighted by atomic mass is 35.5. The number of halogens is 1. The summed E-state index contributed by atoms with van der Waals surface area (Å²) in [7, 11) is 0. The van der Waals surface area contributed by atoms with Gasteiger partial charge in [0, 0.05) is 31.6 Å². The lowest BCUT2D eigenvalue weighted by Gasteiger charge is -2.38. The molecule has 1 saturated heterocycles. The van der Waals surface area contributed by atoms with E-state index < -0.39 is 0 Å². The topological polar surface area (TPSA) is 58.6 Å². The van der Waals surface area contributed by atoms with Crippen LogP contribution in [-0.4, -0.2) is 58.5 Å². The Kier molecular flexibility index (Phi) is 4.73. The lowest BCUT2D eigenvalue weighted by atomic mass is 10.0. The second kappa shape index (κ2) is 6.61. The molecule has 2 aliphatic heterocycles. The van der Waals surface area contributed by atoms with Crippen LogP contribution in [0.3, 0.4) is 0 Å². The van der Waals surface area contributed by atoms with Crippen molar-refractivity contribution in [3.8, 4) is 0 Å². The van der Waals surface area contributed by atoms with Crippen molar-refractivity contribution < 1.29 is 9.53 Å².